The minimum atomic E-state index is -1.22. The van der Waals surface area contributed by atoms with Crippen molar-refractivity contribution in [3.8, 4) is 11.5 Å². The highest BCUT2D eigenvalue weighted by atomic mass is 16.5. The fraction of sp³-hybridized carbons (Fsp3) is 0.536. The summed E-state index contributed by atoms with van der Waals surface area (Å²) in [5, 5.41) is 34.9. The molecule has 0 unspecified atom stereocenters. The predicted molar refractivity (Wildman–Crippen MR) is 130 cm³/mol. The fourth-order valence-corrected chi connectivity index (χ4v) is 7.73. The van der Waals surface area contributed by atoms with Crippen LogP contribution in [0.2, 0.25) is 0 Å². The summed E-state index contributed by atoms with van der Waals surface area (Å²) < 4.78 is 11.6. The molecule has 36 heavy (non-hydrogen) atoms. The average molecular weight is 493 g/mol. The number of benzene rings is 1. The molecule has 7 rings (SSSR count). The van der Waals surface area contributed by atoms with Gasteiger partial charge in [0.05, 0.1) is 41.7 Å². The zero-order valence-electron chi connectivity index (χ0n) is 20.3. The van der Waals surface area contributed by atoms with Gasteiger partial charge in [-0.25, -0.2) is 0 Å². The Bertz CT molecular complexity index is 1240. The third-order valence-electron chi connectivity index (χ3n) is 9.58. The number of likely N-dealkylation sites (N-methyl/N-ethyl adjacent to an activating group) is 1. The monoisotopic (exact) mass is 492 g/mol. The fourth-order valence-electron chi connectivity index (χ4n) is 7.73. The molecule has 190 valence electrons. The molecule has 8 heteroatoms. The first kappa shape index (κ1) is 22.4. The average Bonchev–Trinajstić information content (AvgIpc) is 3.38. The van der Waals surface area contributed by atoms with E-state index >= 15 is 0 Å². The van der Waals surface area contributed by atoms with E-state index < -0.39 is 29.3 Å². The van der Waals surface area contributed by atoms with Gasteiger partial charge >= 0.3 is 0 Å². The SMILES string of the molecule is CN(C(=O)/C=C\c1ccoc1)[C@@H]1CC[C@@]2(O)[C@H]3[C@@H](O)c4ccc(O)c5c4[C@@]2(CCN3CC2CC2)[C@H]1O5. The summed E-state index contributed by atoms with van der Waals surface area (Å²) >= 11 is 0. The Morgan fingerprint density at radius 3 is 2.83 bits per heavy atom. The van der Waals surface area contributed by atoms with Gasteiger partial charge in [-0.1, -0.05) is 6.07 Å². The number of amides is 1. The van der Waals surface area contributed by atoms with Crippen LogP contribution in [0.3, 0.4) is 0 Å². The normalized spacial score (nSPS) is 36.5. The zero-order chi connectivity index (χ0) is 24.8. The molecule has 8 nitrogen and oxygen atoms in total. The third kappa shape index (κ3) is 2.83. The molecule has 5 aliphatic rings. The molecular weight excluding hydrogens is 460 g/mol. The van der Waals surface area contributed by atoms with E-state index in [4.69, 9.17) is 9.15 Å². The topological polar surface area (TPSA) is 107 Å². The largest absolute Gasteiger partial charge is 0.504 e. The number of aliphatic hydroxyl groups excluding tert-OH is 1. The molecule has 2 saturated carbocycles. The number of hydrogen-bond acceptors (Lipinski definition) is 7. The van der Waals surface area contributed by atoms with E-state index in [-0.39, 0.29) is 17.7 Å². The number of phenolic OH excluding ortho intramolecular Hbond substituents is 1. The first-order chi connectivity index (χ1) is 17.3. The van der Waals surface area contributed by atoms with Crippen LogP contribution >= 0.6 is 0 Å². The summed E-state index contributed by atoms with van der Waals surface area (Å²) in [5.41, 5.74) is 0.258. The molecule has 1 spiro atoms. The van der Waals surface area contributed by atoms with Crippen molar-refractivity contribution < 1.29 is 29.3 Å². The van der Waals surface area contributed by atoms with Crippen LogP contribution in [0, 0.1) is 5.92 Å². The van der Waals surface area contributed by atoms with Crippen LogP contribution in [0.15, 0.2) is 41.2 Å². The van der Waals surface area contributed by atoms with Crippen LogP contribution in [0.5, 0.6) is 11.5 Å². The lowest BCUT2D eigenvalue weighted by Gasteiger charge is -2.65. The maximum absolute atomic E-state index is 13.2. The summed E-state index contributed by atoms with van der Waals surface area (Å²) in [6.07, 6.45) is 9.02. The van der Waals surface area contributed by atoms with Crippen molar-refractivity contribution in [3.63, 3.8) is 0 Å². The van der Waals surface area contributed by atoms with E-state index in [1.807, 2.05) is 0 Å². The van der Waals surface area contributed by atoms with Gasteiger partial charge in [0.1, 0.15) is 6.10 Å². The lowest BCUT2D eigenvalue weighted by Crippen LogP contribution is -2.79. The molecule has 3 aliphatic carbocycles. The molecule has 1 aromatic carbocycles. The lowest BCUT2D eigenvalue weighted by molar-refractivity contribution is -0.223. The first-order valence-corrected chi connectivity index (χ1v) is 13.0. The van der Waals surface area contributed by atoms with Gasteiger partial charge in [0.25, 0.3) is 0 Å². The highest BCUT2D eigenvalue weighted by Crippen LogP contribution is 2.67. The number of furan rings is 1. The van der Waals surface area contributed by atoms with Crippen LogP contribution in [0.4, 0.5) is 0 Å². The van der Waals surface area contributed by atoms with Gasteiger partial charge in [-0.05, 0) is 68.3 Å². The zero-order valence-corrected chi connectivity index (χ0v) is 20.3. The third-order valence-corrected chi connectivity index (χ3v) is 9.58. The molecule has 2 aliphatic heterocycles. The van der Waals surface area contributed by atoms with Crippen molar-refractivity contribution in [1.82, 2.24) is 9.80 Å². The Labute approximate surface area is 209 Å². The van der Waals surface area contributed by atoms with Crippen molar-refractivity contribution in [2.24, 2.45) is 5.92 Å². The Hall–Kier alpha value is -2.81. The summed E-state index contributed by atoms with van der Waals surface area (Å²) in [4.78, 5) is 17.2. The number of carbonyl (C=O) groups is 1. The molecule has 1 amide bonds. The minimum Gasteiger partial charge on any atom is -0.504 e. The van der Waals surface area contributed by atoms with Gasteiger partial charge in [0.15, 0.2) is 11.5 Å². The molecule has 1 aromatic heterocycles. The molecule has 2 aromatic rings. The van der Waals surface area contributed by atoms with Gasteiger partial charge < -0.3 is 29.4 Å². The molecule has 3 heterocycles. The Balaban J connectivity index is 1.30. The van der Waals surface area contributed by atoms with Crippen molar-refractivity contribution in [2.75, 3.05) is 20.1 Å². The van der Waals surface area contributed by atoms with Gasteiger partial charge in [0, 0.05) is 30.8 Å². The number of rotatable bonds is 5. The highest BCUT2D eigenvalue weighted by molar-refractivity contribution is 5.92. The summed E-state index contributed by atoms with van der Waals surface area (Å²) in [7, 11) is 1.78. The van der Waals surface area contributed by atoms with Crippen molar-refractivity contribution in [3.05, 3.63) is 53.5 Å². The number of ether oxygens (including phenoxy) is 1. The molecule has 0 radical (unpaired) electrons. The molecule has 1 saturated heterocycles. The second kappa shape index (κ2) is 7.60. The van der Waals surface area contributed by atoms with Gasteiger partial charge in [-0.2, -0.15) is 0 Å². The summed E-state index contributed by atoms with van der Waals surface area (Å²) in [5.74, 6) is 0.833. The summed E-state index contributed by atoms with van der Waals surface area (Å²) in [6.45, 7) is 1.62. The second-order valence-corrected chi connectivity index (χ2v) is 11.3. The molecule has 6 atom stereocenters. The van der Waals surface area contributed by atoms with E-state index in [9.17, 15) is 20.1 Å². The molecule has 3 N–H and O–H groups in total. The molecule has 3 fully saturated rings. The number of piperidine rings is 1. The second-order valence-electron chi connectivity index (χ2n) is 11.3. The standard InChI is InChI=1S/C28H32N2O6/c1-29(21(32)7-4-17-9-13-35-15-17)19-8-10-28(34)25-23(33)18-5-6-20(31)24-22(18)27(28,26(19)36-24)11-12-30(25)14-16-2-3-16/h4-7,9,13,15-16,19,23,25-26,31,33-34H,2-3,8,10-12,14H2,1H3/b7-4-/t19-,23+,25-,26+,27+,28-/m1/s1. The smallest absolute Gasteiger partial charge is 0.246 e. The van der Waals surface area contributed by atoms with E-state index in [1.54, 1.807) is 48.7 Å². The highest BCUT2D eigenvalue weighted by Gasteiger charge is 2.75. The number of aliphatic hydroxyl groups is 2. The summed E-state index contributed by atoms with van der Waals surface area (Å²) in [6, 6.07) is 4.41. The maximum Gasteiger partial charge on any atom is 0.246 e. The number of aromatic hydroxyl groups is 1. The van der Waals surface area contributed by atoms with E-state index in [2.05, 4.69) is 4.90 Å². The van der Waals surface area contributed by atoms with Gasteiger partial charge in [-0.3, -0.25) is 9.69 Å². The Morgan fingerprint density at radius 1 is 1.25 bits per heavy atom. The van der Waals surface area contributed by atoms with Crippen LogP contribution in [0.25, 0.3) is 6.08 Å². The van der Waals surface area contributed by atoms with E-state index in [0.29, 0.717) is 30.9 Å². The number of phenols is 1. The molecular formula is C28H32N2O6. The number of carbonyl (C=O) groups excluding carboxylic acids is 1. The van der Waals surface area contributed by atoms with Crippen molar-refractivity contribution in [2.45, 2.75) is 67.4 Å². The van der Waals surface area contributed by atoms with Crippen LogP contribution in [-0.2, 0) is 10.2 Å². The molecule has 2 bridgehead atoms. The van der Waals surface area contributed by atoms with Crippen molar-refractivity contribution in [1.29, 1.82) is 0 Å². The quantitative estimate of drug-likeness (QED) is 0.551. The van der Waals surface area contributed by atoms with Crippen LogP contribution in [0.1, 0.15) is 54.9 Å². The van der Waals surface area contributed by atoms with Gasteiger partial charge in [-0.15, -0.1) is 0 Å². The van der Waals surface area contributed by atoms with Crippen LogP contribution < -0.4 is 4.74 Å². The minimum absolute atomic E-state index is 0.0125. The predicted octanol–water partition coefficient (Wildman–Crippen LogP) is 2.58. The van der Waals surface area contributed by atoms with Crippen molar-refractivity contribution >= 4 is 12.0 Å². The number of hydrogen-bond donors (Lipinski definition) is 3. The lowest BCUT2D eigenvalue weighted by atomic mass is 9.47. The maximum atomic E-state index is 13.2. The number of nitrogens with zero attached hydrogens (tertiary/aromatic N) is 2. The van der Waals surface area contributed by atoms with E-state index in [1.165, 1.54) is 18.9 Å². The number of likely N-dealkylation sites (tertiary alicyclic amines) is 1. The Kier molecular flexibility index (Phi) is 4.73. The first-order valence-electron chi connectivity index (χ1n) is 13.0. The Morgan fingerprint density at radius 2 is 2.08 bits per heavy atom. The van der Waals surface area contributed by atoms with Crippen LogP contribution in [-0.4, -0.2) is 75.0 Å². The van der Waals surface area contributed by atoms with Gasteiger partial charge in [0.2, 0.25) is 5.91 Å². The van der Waals surface area contributed by atoms with E-state index in [0.717, 1.165) is 29.8 Å².